The minimum Gasteiger partial charge on any atom is -0.337 e. The zero-order valence-corrected chi connectivity index (χ0v) is 13.7. The molecule has 1 aliphatic carbocycles. The van der Waals surface area contributed by atoms with Gasteiger partial charge in [-0.25, -0.2) is 0 Å². The molecule has 2 aliphatic rings. The minimum absolute atomic E-state index is 0.0120. The van der Waals surface area contributed by atoms with E-state index in [1.54, 1.807) is 0 Å². The highest BCUT2D eigenvalue weighted by atomic mass is 16.2. The first-order valence-electron chi connectivity index (χ1n) is 8.39. The molecule has 2 rings (SSSR count). The predicted octanol–water partition coefficient (Wildman–Crippen LogP) is 2.55. The van der Waals surface area contributed by atoms with Gasteiger partial charge in [0.2, 0.25) is 5.91 Å². The van der Waals surface area contributed by atoms with Gasteiger partial charge < -0.3 is 5.32 Å². The molecule has 1 heterocycles. The van der Waals surface area contributed by atoms with Gasteiger partial charge in [0.1, 0.15) is 5.54 Å². The van der Waals surface area contributed by atoms with E-state index in [1.165, 1.54) is 32.1 Å². The fourth-order valence-corrected chi connectivity index (χ4v) is 3.65. The summed E-state index contributed by atoms with van der Waals surface area (Å²) in [4.78, 5) is 14.5. The molecule has 3 atom stereocenters. The van der Waals surface area contributed by atoms with E-state index < -0.39 is 5.54 Å². The maximum atomic E-state index is 12.2. The van der Waals surface area contributed by atoms with E-state index >= 15 is 0 Å². The van der Waals surface area contributed by atoms with Crippen molar-refractivity contribution in [2.45, 2.75) is 58.4 Å². The first-order valence-corrected chi connectivity index (χ1v) is 8.39. The van der Waals surface area contributed by atoms with Crippen LogP contribution < -0.4 is 5.32 Å². The van der Waals surface area contributed by atoms with Crippen molar-refractivity contribution in [3.8, 4) is 6.07 Å². The molecule has 1 saturated carbocycles. The van der Waals surface area contributed by atoms with Gasteiger partial charge in [-0.1, -0.05) is 33.1 Å². The summed E-state index contributed by atoms with van der Waals surface area (Å²) in [5.41, 5.74) is -0.764. The molecular formula is C17H29N3O. The third-order valence-electron chi connectivity index (χ3n) is 5.53. The van der Waals surface area contributed by atoms with Crippen LogP contribution in [0, 0.1) is 29.1 Å². The standard InChI is InChI=1S/C17H29N3O/c1-13(2)17(3,12-18)19-16(21)11-20-9-8-14-6-4-5-7-15(14)10-20/h13-15H,4-11H2,1-3H3,(H,19,21)/t14-,15+,17+/m0/s1. The molecule has 0 unspecified atom stereocenters. The fourth-order valence-electron chi connectivity index (χ4n) is 3.65. The Balaban J connectivity index is 1.84. The summed E-state index contributed by atoms with van der Waals surface area (Å²) in [5.74, 6) is 1.77. The maximum absolute atomic E-state index is 12.2. The molecule has 1 N–H and O–H groups in total. The van der Waals surface area contributed by atoms with Crippen LogP contribution >= 0.6 is 0 Å². The van der Waals surface area contributed by atoms with Gasteiger partial charge in [0.15, 0.2) is 0 Å². The summed E-state index contributed by atoms with van der Waals surface area (Å²) >= 11 is 0. The number of nitrogens with zero attached hydrogens (tertiary/aromatic N) is 2. The lowest BCUT2D eigenvalue weighted by atomic mass is 9.75. The van der Waals surface area contributed by atoms with Gasteiger partial charge in [0.05, 0.1) is 12.6 Å². The van der Waals surface area contributed by atoms with Crippen molar-refractivity contribution in [2.24, 2.45) is 17.8 Å². The summed E-state index contributed by atoms with van der Waals surface area (Å²) in [6.07, 6.45) is 6.67. The number of piperidine rings is 1. The second-order valence-corrected chi connectivity index (χ2v) is 7.35. The normalized spacial score (nSPS) is 29.3. The van der Waals surface area contributed by atoms with Crippen molar-refractivity contribution < 1.29 is 4.79 Å². The summed E-state index contributed by atoms with van der Waals surface area (Å²) in [6, 6.07) is 2.24. The van der Waals surface area contributed by atoms with Crippen LogP contribution in [0.4, 0.5) is 0 Å². The lowest BCUT2D eigenvalue weighted by Gasteiger charge is -2.41. The number of carbonyl (C=O) groups is 1. The first-order chi connectivity index (χ1) is 9.94. The van der Waals surface area contributed by atoms with E-state index in [0.29, 0.717) is 6.54 Å². The van der Waals surface area contributed by atoms with Gasteiger partial charge in [0, 0.05) is 6.54 Å². The maximum Gasteiger partial charge on any atom is 0.235 e. The van der Waals surface area contributed by atoms with E-state index in [9.17, 15) is 10.1 Å². The Morgan fingerprint density at radius 2 is 2.00 bits per heavy atom. The second-order valence-electron chi connectivity index (χ2n) is 7.35. The van der Waals surface area contributed by atoms with Gasteiger partial charge in [0.25, 0.3) is 0 Å². The molecular weight excluding hydrogens is 262 g/mol. The summed E-state index contributed by atoms with van der Waals surface area (Å²) < 4.78 is 0. The number of nitriles is 1. The Bertz CT molecular complexity index is 415. The second kappa shape index (κ2) is 6.79. The van der Waals surface area contributed by atoms with Gasteiger partial charge in [-0.15, -0.1) is 0 Å². The van der Waals surface area contributed by atoms with Crippen LogP contribution in [-0.2, 0) is 4.79 Å². The third kappa shape index (κ3) is 3.97. The van der Waals surface area contributed by atoms with Crippen molar-refractivity contribution in [1.29, 1.82) is 5.26 Å². The van der Waals surface area contributed by atoms with E-state index in [2.05, 4.69) is 16.3 Å². The Morgan fingerprint density at radius 1 is 1.33 bits per heavy atom. The average Bonchev–Trinajstić information content (AvgIpc) is 2.46. The predicted molar refractivity (Wildman–Crippen MR) is 83.5 cm³/mol. The van der Waals surface area contributed by atoms with E-state index in [1.807, 2.05) is 20.8 Å². The van der Waals surface area contributed by atoms with Gasteiger partial charge in [-0.05, 0) is 44.1 Å². The number of nitrogens with one attached hydrogen (secondary N) is 1. The number of rotatable bonds is 4. The molecule has 0 spiro atoms. The third-order valence-corrected chi connectivity index (χ3v) is 5.53. The lowest BCUT2D eigenvalue weighted by molar-refractivity contribution is -0.124. The minimum atomic E-state index is -0.764. The van der Waals surface area contributed by atoms with Gasteiger partial charge in [-0.2, -0.15) is 5.26 Å². The van der Waals surface area contributed by atoms with Crippen molar-refractivity contribution in [2.75, 3.05) is 19.6 Å². The fraction of sp³-hybridized carbons (Fsp3) is 0.882. The molecule has 1 amide bonds. The molecule has 0 aromatic heterocycles. The molecule has 21 heavy (non-hydrogen) atoms. The smallest absolute Gasteiger partial charge is 0.235 e. The topological polar surface area (TPSA) is 56.1 Å². The van der Waals surface area contributed by atoms with Crippen LogP contribution in [0.15, 0.2) is 0 Å². The Morgan fingerprint density at radius 3 is 2.62 bits per heavy atom. The van der Waals surface area contributed by atoms with Crippen LogP contribution in [0.1, 0.15) is 52.9 Å². The van der Waals surface area contributed by atoms with Crippen LogP contribution in [0.25, 0.3) is 0 Å². The number of amides is 1. The molecule has 4 nitrogen and oxygen atoms in total. The SMILES string of the molecule is CC(C)[C@@](C)(C#N)NC(=O)CN1CC[C@@H]2CCCC[C@@H]2C1. The van der Waals surface area contributed by atoms with Crippen molar-refractivity contribution in [3.63, 3.8) is 0 Å². The highest BCUT2D eigenvalue weighted by Gasteiger charge is 2.34. The molecule has 0 aromatic carbocycles. The summed E-state index contributed by atoms with van der Waals surface area (Å²) in [5, 5.41) is 12.2. The van der Waals surface area contributed by atoms with Crippen LogP contribution in [0.3, 0.4) is 0 Å². The monoisotopic (exact) mass is 291 g/mol. The van der Waals surface area contributed by atoms with Crippen LogP contribution in [0.2, 0.25) is 0 Å². The highest BCUT2D eigenvalue weighted by Crippen LogP contribution is 2.35. The van der Waals surface area contributed by atoms with Crippen molar-refractivity contribution >= 4 is 5.91 Å². The average molecular weight is 291 g/mol. The first kappa shape index (κ1) is 16.3. The zero-order valence-electron chi connectivity index (χ0n) is 13.7. The summed E-state index contributed by atoms with van der Waals surface area (Å²) in [7, 11) is 0. The summed E-state index contributed by atoms with van der Waals surface area (Å²) in [6.45, 7) is 8.27. The largest absolute Gasteiger partial charge is 0.337 e. The van der Waals surface area contributed by atoms with E-state index in [0.717, 1.165) is 24.9 Å². The highest BCUT2D eigenvalue weighted by molar-refractivity contribution is 5.79. The molecule has 1 aliphatic heterocycles. The Kier molecular flexibility index (Phi) is 5.27. The van der Waals surface area contributed by atoms with Gasteiger partial charge in [-0.3, -0.25) is 9.69 Å². The molecule has 4 heteroatoms. The lowest BCUT2D eigenvalue weighted by Crippen LogP contribution is -2.53. The molecule has 118 valence electrons. The molecule has 1 saturated heterocycles. The number of hydrogen-bond acceptors (Lipinski definition) is 3. The quantitative estimate of drug-likeness (QED) is 0.866. The molecule has 0 aromatic rings. The number of hydrogen-bond donors (Lipinski definition) is 1. The van der Waals surface area contributed by atoms with E-state index in [-0.39, 0.29) is 11.8 Å². The number of fused-ring (bicyclic) bond motifs is 1. The van der Waals surface area contributed by atoms with Crippen molar-refractivity contribution in [3.05, 3.63) is 0 Å². The zero-order chi connectivity index (χ0) is 15.5. The van der Waals surface area contributed by atoms with Crippen LogP contribution in [-0.4, -0.2) is 36.0 Å². The van der Waals surface area contributed by atoms with Crippen molar-refractivity contribution in [1.82, 2.24) is 10.2 Å². The van der Waals surface area contributed by atoms with Crippen LogP contribution in [0.5, 0.6) is 0 Å². The Labute approximate surface area is 128 Å². The van der Waals surface area contributed by atoms with Gasteiger partial charge >= 0.3 is 0 Å². The molecule has 0 bridgehead atoms. The number of carbonyl (C=O) groups excluding carboxylic acids is 1. The number of likely N-dealkylation sites (tertiary alicyclic amines) is 1. The molecule has 0 radical (unpaired) electrons. The molecule has 2 fully saturated rings. The Hall–Kier alpha value is -1.08. The van der Waals surface area contributed by atoms with E-state index in [4.69, 9.17) is 0 Å².